The van der Waals surface area contributed by atoms with E-state index in [4.69, 9.17) is 9.47 Å². The van der Waals surface area contributed by atoms with Crippen molar-refractivity contribution in [3.05, 3.63) is 35.9 Å². The van der Waals surface area contributed by atoms with Gasteiger partial charge in [-0.05, 0) is 6.42 Å². The number of aliphatic hydroxyl groups excluding tert-OH is 1. The Morgan fingerprint density at radius 1 is 1.07 bits per heavy atom. The van der Waals surface area contributed by atoms with Crippen LogP contribution in [0.4, 0.5) is 0 Å². The van der Waals surface area contributed by atoms with Gasteiger partial charge in [0.2, 0.25) is 12.1 Å². The maximum absolute atomic E-state index is 9.39. The fraction of sp³-hybridized carbons (Fsp3) is 0.455. The van der Waals surface area contributed by atoms with Gasteiger partial charge in [0.25, 0.3) is 0 Å². The Hall–Kier alpha value is -0.940. The van der Waals surface area contributed by atoms with Gasteiger partial charge in [-0.15, -0.1) is 0 Å². The fourth-order valence-corrected chi connectivity index (χ4v) is 1.68. The van der Waals surface area contributed by atoms with Crippen LogP contribution in [0.15, 0.2) is 30.3 Å². The van der Waals surface area contributed by atoms with Gasteiger partial charge in [0, 0.05) is 5.56 Å². The van der Waals surface area contributed by atoms with Crippen LogP contribution in [0, 0.1) is 0 Å². The summed E-state index contributed by atoms with van der Waals surface area (Å²) < 4.78 is 10.8. The standard InChI is InChI=1S/C11H14O4/c12-10(13)11(14-7-4-8-15-11)9-5-2-1-3-6-9/h1-3,5-6,10,12-13H,4,7-8H2. The van der Waals surface area contributed by atoms with Crippen LogP contribution in [0.3, 0.4) is 0 Å². The van der Waals surface area contributed by atoms with Gasteiger partial charge in [0.1, 0.15) is 0 Å². The largest absolute Gasteiger partial charge is 0.364 e. The average molecular weight is 210 g/mol. The number of aliphatic hydroxyl groups is 2. The molecule has 2 N–H and O–H groups in total. The van der Waals surface area contributed by atoms with E-state index in [1.54, 1.807) is 24.3 Å². The summed E-state index contributed by atoms with van der Waals surface area (Å²) in [5.74, 6) is -1.42. The highest BCUT2D eigenvalue weighted by molar-refractivity contribution is 5.21. The first-order chi connectivity index (χ1) is 7.26. The predicted octanol–water partition coefficient (Wildman–Crippen LogP) is 0.587. The van der Waals surface area contributed by atoms with Crippen molar-refractivity contribution in [1.82, 2.24) is 0 Å². The quantitative estimate of drug-likeness (QED) is 0.701. The smallest absolute Gasteiger partial charge is 0.247 e. The third-order valence-electron chi connectivity index (χ3n) is 2.44. The second-order valence-electron chi connectivity index (χ2n) is 3.46. The minimum atomic E-state index is -1.68. The molecule has 82 valence electrons. The molecule has 0 spiro atoms. The van der Waals surface area contributed by atoms with E-state index in [0.29, 0.717) is 18.8 Å². The zero-order chi connectivity index (χ0) is 10.7. The monoisotopic (exact) mass is 210 g/mol. The lowest BCUT2D eigenvalue weighted by Crippen LogP contribution is -2.47. The van der Waals surface area contributed by atoms with Crippen LogP contribution in [0.5, 0.6) is 0 Å². The van der Waals surface area contributed by atoms with E-state index >= 15 is 0 Å². The molecule has 0 bridgehead atoms. The number of hydrogen-bond acceptors (Lipinski definition) is 4. The highest BCUT2D eigenvalue weighted by atomic mass is 16.7. The van der Waals surface area contributed by atoms with Crippen LogP contribution >= 0.6 is 0 Å². The van der Waals surface area contributed by atoms with Crippen LogP contribution in [0.25, 0.3) is 0 Å². The Morgan fingerprint density at radius 2 is 1.67 bits per heavy atom. The van der Waals surface area contributed by atoms with Crippen molar-refractivity contribution >= 4 is 0 Å². The molecule has 4 heteroatoms. The topological polar surface area (TPSA) is 58.9 Å². The Bertz CT molecular complexity index is 304. The van der Waals surface area contributed by atoms with Gasteiger partial charge >= 0.3 is 0 Å². The Labute approximate surface area is 88.1 Å². The van der Waals surface area contributed by atoms with Gasteiger partial charge in [-0.25, -0.2) is 0 Å². The maximum Gasteiger partial charge on any atom is 0.247 e. The van der Waals surface area contributed by atoms with Gasteiger partial charge < -0.3 is 19.7 Å². The molecule has 0 saturated carbocycles. The third kappa shape index (κ3) is 1.89. The van der Waals surface area contributed by atoms with Gasteiger partial charge in [-0.1, -0.05) is 30.3 Å². The first kappa shape index (κ1) is 10.6. The van der Waals surface area contributed by atoms with Crippen LogP contribution in [-0.2, 0) is 15.3 Å². The van der Waals surface area contributed by atoms with Crippen molar-refractivity contribution in [3.8, 4) is 0 Å². The molecule has 1 aromatic rings. The van der Waals surface area contributed by atoms with E-state index in [1.807, 2.05) is 6.07 Å². The molecule has 15 heavy (non-hydrogen) atoms. The second-order valence-corrected chi connectivity index (χ2v) is 3.46. The van der Waals surface area contributed by atoms with E-state index in [9.17, 15) is 10.2 Å². The van der Waals surface area contributed by atoms with E-state index in [1.165, 1.54) is 0 Å². The first-order valence-corrected chi connectivity index (χ1v) is 4.95. The number of ether oxygens (including phenoxy) is 2. The van der Waals surface area contributed by atoms with Crippen LogP contribution in [-0.4, -0.2) is 29.7 Å². The molecule has 4 nitrogen and oxygen atoms in total. The summed E-state index contributed by atoms with van der Waals surface area (Å²) in [6.07, 6.45) is -0.915. The summed E-state index contributed by atoms with van der Waals surface area (Å²) in [5.41, 5.74) is 0.625. The summed E-state index contributed by atoms with van der Waals surface area (Å²) in [4.78, 5) is 0. The molecule has 1 aliphatic rings. The Kier molecular flexibility index (Phi) is 3.02. The van der Waals surface area contributed by atoms with Crippen LogP contribution < -0.4 is 0 Å². The summed E-state index contributed by atoms with van der Waals surface area (Å²) in [7, 11) is 0. The molecule has 0 radical (unpaired) electrons. The molecule has 0 aromatic heterocycles. The van der Waals surface area contributed by atoms with Crippen molar-refractivity contribution in [3.63, 3.8) is 0 Å². The van der Waals surface area contributed by atoms with Gasteiger partial charge in [0.15, 0.2) is 0 Å². The zero-order valence-corrected chi connectivity index (χ0v) is 8.30. The molecule has 1 aliphatic heterocycles. The summed E-state index contributed by atoms with van der Waals surface area (Å²) in [6, 6.07) is 8.97. The Balaban J connectivity index is 2.34. The van der Waals surface area contributed by atoms with Gasteiger partial charge in [0.05, 0.1) is 13.2 Å². The summed E-state index contributed by atoms with van der Waals surface area (Å²) >= 11 is 0. The van der Waals surface area contributed by atoms with E-state index < -0.39 is 12.1 Å². The van der Waals surface area contributed by atoms with Crippen molar-refractivity contribution in [2.75, 3.05) is 13.2 Å². The van der Waals surface area contributed by atoms with Gasteiger partial charge in [-0.2, -0.15) is 0 Å². The van der Waals surface area contributed by atoms with Crippen molar-refractivity contribution in [2.24, 2.45) is 0 Å². The first-order valence-electron chi connectivity index (χ1n) is 4.95. The molecule has 1 aromatic carbocycles. The average Bonchev–Trinajstić information content (AvgIpc) is 2.31. The highest BCUT2D eigenvalue weighted by Crippen LogP contribution is 2.33. The number of hydrogen-bond donors (Lipinski definition) is 2. The molecule has 2 rings (SSSR count). The minimum absolute atomic E-state index is 0.465. The van der Waals surface area contributed by atoms with E-state index in [-0.39, 0.29) is 0 Å². The number of rotatable bonds is 2. The summed E-state index contributed by atoms with van der Waals surface area (Å²) in [6.45, 7) is 0.930. The molecule has 1 fully saturated rings. The molecule has 1 heterocycles. The van der Waals surface area contributed by atoms with Crippen molar-refractivity contribution in [1.29, 1.82) is 0 Å². The molecule has 1 saturated heterocycles. The van der Waals surface area contributed by atoms with E-state index in [2.05, 4.69) is 0 Å². The highest BCUT2D eigenvalue weighted by Gasteiger charge is 2.43. The maximum atomic E-state index is 9.39. The molecule has 0 atom stereocenters. The fourth-order valence-electron chi connectivity index (χ4n) is 1.68. The van der Waals surface area contributed by atoms with E-state index in [0.717, 1.165) is 6.42 Å². The van der Waals surface area contributed by atoms with Crippen LogP contribution in [0.1, 0.15) is 12.0 Å². The molecule has 0 aliphatic carbocycles. The lowest BCUT2D eigenvalue weighted by Gasteiger charge is -2.38. The van der Waals surface area contributed by atoms with Crippen molar-refractivity contribution < 1.29 is 19.7 Å². The normalized spacial score (nSPS) is 20.5. The SMILES string of the molecule is OC(O)C1(c2ccccc2)OCCCO1. The minimum Gasteiger partial charge on any atom is -0.364 e. The molecule has 0 amide bonds. The predicted molar refractivity (Wildman–Crippen MR) is 52.9 cm³/mol. The van der Waals surface area contributed by atoms with Crippen LogP contribution in [0.2, 0.25) is 0 Å². The third-order valence-corrected chi connectivity index (χ3v) is 2.44. The zero-order valence-electron chi connectivity index (χ0n) is 8.30. The lowest BCUT2D eigenvalue weighted by molar-refractivity contribution is -0.360. The number of benzene rings is 1. The molecule has 0 unspecified atom stereocenters. The Morgan fingerprint density at radius 3 is 2.20 bits per heavy atom. The molecular weight excluding hydrogens is 196 g/mol. The second kappa shape index (κ2) is 4.28. The summed E-state index contributed by atoms with van der Waals surface area (Å²) in [5, 5.41) is 18.8. The van der Waals surface area contributed by atoms with Gasteiger partial charge in [-0.3, -0.25) is 0 Å². The van der Waals surface area contributed by atoms with Crippen molar-refractivity contribution in [2.45, 2.75) is 18.5 Å². The molecular formula is C11H14O4. The lowest BCUT2D eigenvalue weighted by atomic mass is 10.0.